The summed E-state index contributed by atoms with van der Waals surface area (Å²) in [4.78, 5) is 17.3. The van der Waals surface area contributed by atoms with E-state index in [0.717, 1.165) is 51.4 Å². The van der Waals surface area contributed by atoms with Crippen molar-refractivity contribution in [2.45, 2.75) is 52.2 Å². The fourth-order valence-electron chi connectivity index (χ4n) is 4.17. The van der Waals surface area contributed by atoms with Crippen LogP contribution in [0.3, 0.4) is 0 Å². The number of halogens is 1. The Balaban J connectivity index is 0.00000261. The number of likely N-dealkylation sites (tertiary alicyclic amines) is 1. The number of hydrogen-bond acceptors (Lipinski definition) is 4. The minimum Gasteiger partial charge on any atom is -0.481 e. The van der Waals surface area contributed by atoms with Crippen LogP contribution in [0.25, 0.3) is 0 Å². The third-order valence-corrected chi connectivity index (χ3v) is 5.67. The van der Waals surface area contributed by atoms with Crippen LogP contribution in [-0.4, -0.2) is 67.1 Å². The SMILES string of the molecule is Cc1cc(OC(C)C(=O)N2CCC(N3CCNCC3)C2)ccc1C(C)C.Cl. The largest absolute Gasteiger partial charge is 0.481 e. The van der Waals surface area contributed by atoms with Crippen LogP contribution in [0.2, 0.25) is 0 Å². The van der Waals surface area contributed by atoms with Gasteiger partial charge in [-0.2, -0.15) is 0 Å². The van der Waals surface area contributed by atoms with Gasteiger partial charge in [-0.1, -0.05) is 19.9 Å². The molecule has 0 saturated carbocycles. The minimum absolute atomic E-state index is 0. The highest BCUT2D eigenvalue weighted by molar-refractivity contribution is 5.85. The molecule has 2 fully saturated rings. The molecule has 0 aromatic heterocycles. The van der Waals surface area contributed by atoms with E-state index in [1.807, 2.05) is 24.0 Å². The highest BCUT2D eigenvalue weighted by atomic mass is 35.5. The van der Waals surface area contributed by atoms with E-state index in [9.17, 15) is 4.79 Å². The van der Waals surface area contributed by atoms with E-state index < -0.39 is 6.10 Å². The highest BCUT2D eigenvalue weighted by Gasteiger charge is 2.33. The molecule has 2 unspecified atom stereocenters. The Hall–Kier alpha value is -1.30. The predicted octanol–water partition coefficient (Wildman–Crippen LogP) is 2.81. The van der Waals surface area contributed by atoms with Gasteiger partial charge < -0.3 is 15.0 Å². The summed E-state index contributed by atoms with van der Waals surface area (Å²) in [6.07, 6.45) is 0.627. The van der Waals surface area contributed by atoms with E-state index in [2.05, 4.69) is 37.1 Å². The Labute approximate surface area is 169 Å². The van der Waals surface area contributed by atoms with Crippen molar-refractivity contribution in [3.63, 3.8) is 0 Å². The van der Waals surface area contributed by atoms with E-state index in [0.29, 0.717) is 12.0 Å². The second-order valence-electron chi connectivity index (χ2n) is 7.95. The van der Waals surface area contributed by atoms with E-state index >= 15 is 0 Å². The standard InChI is InChI=1S/C21H33N3O2.ClH/c1-15(2)20-6-5-19(13-16(20)3)26-17(4)21(25)24-10-7-18(14-24)23-11-8-22-9-12-23;/h5-6,13,15,17-18,22H,7-12,14H2,1-4H3;1H. The summed E-state index contributed by atoms with van der Waals surface area (Å²) in [6, 6.07) is 6.65. The molecule has 2 saturated heterocycles. The van der Waals surface area contributed by atoms with Crippen LogP contribution in [0.15, 0.2) is 18.2 Å². The van der Waals surface area contributed by atoms with Gasteiger partial charge in [-0.15, -0.1) is 12.4 Å². The minimum atomic E-state index is -0.443. The normalized spacial score (nSPS) is 21.8. The lowest BCUT2D eigenvalue weighted by Gasteiger charge is -2.32. The first-order valence-electron chi connectivity index (χ1n) is 9.96. The lowest BCUT2D eigenvalue weighted by Crippen LogP contribution is -2.50. The molecular weight excluding hydrogens is 362 g/mol. The van der Waals surface area contributed by atoms with Crippen molar-refractivity contribution in [1.29, 1.82) is 0 Å². The van der Waals surface area contributed by atoms with Crippen LogP contribution in [0.4, 0.5) is 0 Å². The summed E-state index contributed by atoms with van der Waals surface area (Å²) >= 11 is 0. The van der Waals surface area contributed by atoms with Crippen molar-refractivity contribution < 1.29 is 9.53 Å². The first-order chi connectivity index (χ1) is 12.5. The number of piperazine rings is 1. The Morgan fingerprint density at radius 3 is 2.52 bits per heavy atom. The molecular formula is C21H34ClN3O2. The molecule has 1 amide bonds. The number of nitrogens with zero attached hydrogens (tertiary/aromatic N) is 2. The zero-order valence-electron chi connectivity index (χ0n) is 17.0. The summed E-state index contributed by atoms with van der Waals surface area (Å²) in [5.74, 6) is 1.38. The number of carbonyl (C=O) groups is 1. The number of benzene rings is 1. The van der Waals surface area contributed by atoms with Gasteiger partial charge in [0.1, 0.15) is 5.75 Å². The maximum atomic E-state index is 12.8. The monoisotopic (exact) mass is 395 g/mol. The van der Waals surface area contributed by atoms with Gasteiger partial charge in [0.2, 0.25) is 0 Å². The fraction of sp³-hybridized carbons (Fsp3) is 0.667. The van der Waals surface area contributed by atoms with Gasteiger partial charge in [0.05, 0.1) is 0 Å². The molecule has 27 heavy (non-hydrogen) atoms. The summed E-state index contributed by atoms with van der Waals surface area (Å²) in [5.41, 5.74) is 2.55. The third kappa shape index (κ3) is 5.37. The van der Waals surface area contributed by atoms with E-state index in [4.69, 9.17) is 4.74 Å². The van der Waals surface area contributed by atoms with E-state index in [1.54, 1.807) is 0 Å². The van der Waals surface area contributed by atoms with Crippen LogP contribution >= 0.6 is 12.4 Å². The van der Waals surface area contributed by atoms with E-state index in [1.165, 1.54) is 11.1 Å². The Kier molecular flexibility index (Phi) is 7.95. The number of rotatable bonds is 5. The highest BCUT2D eigenvalue weighted by Crippen LogP contribution is 2.25. The lowest BCUT2D eigenvalue weighted by molar-refractivity contribution is -0.137. The second-order valence-corrected chi connectivity index (χ2v) is 7.95. The van der Waals surface area contributed by atoms with Gasteiger partial charge in [-0.25, -0.2) is 0 Å². The van der Waals surface area contributed by atoms with Crippen molar-refractivity contribution in [2.75, 3.05) is 39.3 Å². The molecule has 0 radical (unpaired) electrons. The molecule has 2 atom stereocenters. The molecule has 6 heteroatoms. The van der Waals surface area contributed by atoms with Gasteiger partial charge >= 0.3 is 0 Å². The maximum Gasteiger partial charge on any atom is 0.263 e. The molecule has 0 spiro atoms. The summed E-state index contributed by atoms with van der Waals surface area (Å²) in [7, 11) is 0. The van der Waals surface area contributed by atoms with Crippen LogP contribution in [0.5, 0.6) is 5.75 Å². The first kappa shape index (κ1) is 22.0. The first-order valence-corrected chi connectivity index (χ1v) is 9.96. The number of aryl methyl sites for hydroxylation is 1. The van der Waals surface area contributed by atoms with Gasteiger partial charge in [0.15, 0.2) is 6.10 Å². The Morgan fingerprint density at radius 1 is 1.19 bits per heavy atom. The average molecular weight is 396 g/mol. The number of hydrogen-bond donors (Lipinski definition) is 1. The maximum absolute atomic E-state index is 12.8. The van der Waals surface area contributed by atoms with Crippen LogP contribution < -0.4 is 10.1 Å². The smallest absolute Gasteiger partial charge is 0.263 e. The zero-order chi connectivity index (χ0) is 18.7. The topological polar surface area (TPSA) is 44.8 Å². The molecule has 1 aromatic carbocycles. The van der Waals surface area contributed by atoms with Gasteiger partial charge in [-0.05, 0) is 49.4 Å². The fourth-order valence-corrected chi connectivity index (χ4v) is 4.17. The van der Waals surface area contributed by atoms with Gasteiger partial charge in [0.25, 0.3) is 5.91 Å². The Morgan fingerprint density at radius 2 is 1.89 bits per heavy atom. The number of ether oxygens (including phenoxy) is 1. The second kappa shape index (κ2) is 9.76. The zero-order valence-corrected chi connectivity index (χ0v) is 17.8. The van der Waals surface area contributed by atoms with Crippen molar-refractivity contribution in [3.05, 3.63) is 29.3 Å². The molecule has 2 aliphatic rings. The van der Waals surface area contributed by atoms with Gasteiger partial charge in [0, 0.05) is 45.3 Å². The quantitative estimate of drug-likeness (QED) is 0.832. The van der Waals surface area contributed by atoms with Crippen LogP contribution in [0, 0.1) is 6.92 Å². The molecule has 0 aliphatic carbocycles. The van der Waals surface area contributed by atoms with E-state index in [-0.39, 0.29) is 18.3 Å². The number of nitrogens with one attached hydrogen (secondary N) is 1. The number of amides is 1. The molecule has 1 N–H and O–H groups in total. The average Bonchev–Trinajstić information content (AvgIpc) is 3.11. The predicted molar refractivity (Wildman–Crippen MR) is 112 cm³/mol. The lowest BCUT2D eigenvalue weighted by atomic mass is 9.98. The van der Waals surface area contributed by atoms with Crippen molar-refractivity contribution in [2.24, 2.45) is 0 Å². The third-order valence-electron chi connectivity index (χ3n) is 5.67. The molecule has 0 bridgehead atoms. The van der Waals surface area contributed by atoms with Crippen LogP contribution in [-0.2, 0) is 4.79 Å². The molecule has 2 aliphatic heterocycles. The number of carbonyl (C=O) groups excluding carboxylic acids is 1. The molecule has 2 heterocycles. The molecule has 152 valence electrons. The molecule has 1 aromatic rings. The van der Waals surface area contributed by atoms with Crippen molar-refractivity contribution >= 4 is 18.3 Å². The van der Waals surface area contributed by atoms with Crippen molar-refractivity contribution in [1.82, 2.24) is 15.1 Å². The Bertz CT molecular complexity index is 632. The summed E-state index contributed by atoms with van der Waals surface area (Å²) in [6.45, 7) is 14.3. The van der Waals surface area contributed by atoms with Gasteiger partial charge in [-0.3, -0.25) is 9.69 Å². The summed E-state index contributed by atoms with van der Waals surface area (Å²) in [5, 5.41) is 3.39. The summed E-state index contributed by atoms with van der Waals surface area (Å²) < 4.78 is 5.97. The van der Waals surface area contributed by atoms with Crippen molar-refractivity contribution in [3.8, 4) is 5.75 Å². The van der Waals surface area contributed by atoms with Crippen LogP contribution in [0.1, 0.15) is 44.2 Å². The molecule has 3 rings (SSSR count). The molecule has 5 nitrogen and oxygen atoms in total.